The minimum Gasteiger partial charge on any atom is -0.497 e. The Labute approximate surface area is 196 Å². The number of nitrogens with one attached hydrogen (secondary N) is 1. The van der Waals surface area contributed by atoms with E-state index in [-0.39, 0.29) is 5.92 Å². The number of ether oxygens (including phenoxy) is 2. The molecule has 170 valence electrons. The molecule has 1 aliphatic rings. The van der Waals surface area contributed by atoms with Crippen LogP contribution in [-0.4, -0.2) is 43.1 Å². The summed E-state index contributed by atoms with van der Waals surface area (Å²) in [4.78, 5) is 4.44. The van der Waals surface area contributed by atoms with Crippen molar-refractivity contribution in [3.05, 3.63) is 78.4 Å². The fourth-order valence-corrected chi connectivity index (χ4v) is 4.34. The SMILES string of the molecule is COc1cccc(C[C@H]2COc3cc(-c4ccnc(Nc5ccnn5C)c4)cc4nnc2n34)c1. The van der Waals surface area contributed by atoms with E-state index >= 15 is 0 Å². The van der Waals surface area contributed by atoms with Crippen LogP contribution in [0.4, 0.5) is 11.6 Å². The lowest BCUT2D eigenvalue weighted by Gasteiger charge is -2.23. The molecule has 34 heavy (non-hydrogen) atoms. The Bertz CT molecular complexity index is 1490. The second-order valence-electron chi connectivity index (χ2n) is 8.29. The molecule has 5 heterocycles. The van der Waals surface area contributed by atoms with E-state index in [0.29, 0.717) is 6.61 Å². The third kappa shape index (κ3) is 3.61. The van der Waals surface area contributed by atoms with Gasteiger partial charge in [-0.2, -0.15) is 5.10 Å². The maximum atomic E-state index is 6.20. The Kier molecular flexibility index (Phi) is 4.87. The molecule has 5 aromatic rings. The van der Waals surface area contributed by atoms with Gasteiger partial charge in [-0.15, -0.1) is 10.2 Å². The number of methoxy groups -OCH3 is 1. The number of benzene rings is 1. The second-order valence-corrected chi connectivity index (χ2v) is 8.29. The fraction of sp³-hybridized carbons (Fsp3) is 0.200. The molecular weight excluding hydrogens is 430 g/mol. The lowest BCUT2D eigenvalue weighted by molar-refractivity contribution is 0.245. The Morgan fingerprint density at radius 1 is 1.06 bits per heavy atom. The Morgan fingerprint density at radius 3 is 2.85 bits per heavy atom. The zero-order valence-electron chi connectivity index (χ0n) is 18.8. The van der Waals surface area contributed by atoms with Gasteiger partial charge in [-0.05, 0) is 53.4 Å². The predicted octanol–water partition coefficient (Wildman–Crippen LogP) is 4.00. The number of hydrogen-bond donors (Lipinski definition) is 1. The van der Waals surface area contributed by atoms with Crippen LogP contribution in [0.1, 0.15) is 17.3 Å². The van der Waals surface area contributed by atoms with E-state index in [1.54, 1.807) is 24.2 Å². The number of aryl methyl sites for hydroxylation is 1. The summed E-state index contributed by atoms with van der Waals surface area (Å²) >= 11 is 0. The lowest BCUT2D eigenvalue weighted by atomic mass is 9.98. The molecule has 0 fully saturated rings. The molecule has 0 saturated carbocycles. The molecule has 0 unspecified atom stereocenters. The molecule has 0 spiro atoms. The zero-order valence-corrected chi connectivity index (χ0v) is 18.8. The van der Waals surface area contributed by atoms with Crippen LogP contribution in [0.5, 0.6) is 11.6 Å². The topological polar surface area (TPSA) is 91.4 Å². The molecule has 0 aliphatic carbocycles. The van der Waals surface area contributed by atoms with E-state index in [2.05, 4.69) is 37.7 Å². The zero-order chi connectivity index (χ0) is 23.1. The number of hydrogen-bond acceptors (Lipinski definition) is 7. The van der Waals surface area contributed by atoms with Gasteiger partial charge in [-0.1, -0.05) is 12.1 Å². The molecule has 0 radical (unpaired) electrons. The minimum absolute atomic E-state index is 0.107. The van der Waals surface area contributed by atoms with Crippen molar-refractivity contribution in [2.45, 2.75) is 12.3 Å². The van der Waals surface area contributed by atoms with Gasteiger partial charge in [0.15, 0.2) is 5.65 Å². The van der Waals surface area contributed by atoms with Crippen LogP contribution in [0.3, 0.4) is 0 Å². The summed E-state index contributed by atoms with van der Waals surface area (Å²) in [5.41, 5.74) is 3.93. The van der Waals surface area contributed by atoms with Gasteiger partial charge < -0.3 is 14.8 Å². The average Bonchev–Trinajstić information content (AvgIpc) is 3.48. The highest BCUT2D eigenvalue weighted by Crippen LogP contribution is 2.34. The molecule has 0 saturated heterocycles. The van der Waals surface area contributed by atoms with Crippen molar-refractivity contribution < 1.29 is 9.47 Å². The smallest absolute Gasteiger partial charge is 0.201 e. The molecule has 9 heteroatoms. The molecule has 0 bridgehead atoms. The van der Waals surface area contributed by atoms with E-state index in [1.165, 1.54) is 5.56 Å². The van der Waals surface area contributed by atoms with Crippen molar-refractivity contribution >= 4 is 17.3 Å². The van der Waals surface area contributed by atoms with Crippen LogP contribution in [0.25, 0.3) is 16.8 Å². The summed E-state index contributed by atoms with van der Waals surface area (Å²) < 4.78 is 15.3. The summed E-state index contributed by atoms with van der Waals surface area (Å²) in [6, 6.07) is 18.0. The van der Waals surface area contributed by atoms with Crippen molar-refractivity contribution in [2.24, 2.45) is 7.05 Å². The van der Waals surface area contributed by atoms with E-state index in [1.807, 2.05) is 53.9 Å². The quantitative estimate of drug-likeness (QED) is 0.416. The van der Waals surface area contributed by atoms with Crippen LogP contribution < -0.4 is 14.8 Å². The first kappa shape index (κ1) is 20.2. The summed E-state index contributed by atoms with van der Waals surface area (Å²) in [6.45, 7) is 0.540. The third-order valence-corrected chi connectivity index (χ3v) is 6.08. The normalized spacial score (nSPS) is 14.7. The molecule has 1 aliphatic heterocycles. The largest absolute Gasteiger partial charge is 0.497 e. The molecule has 0 amide bonds. The first-order valence-corrected chi connectivity index (χ1v) is 11.0. The highest BCUT2D eigenvalue weighted by Gasteiger charge is 2.27. The van der Waals surface area contributed by atoms with E-state index < -0.39 is 0 Å². The van der Waals surface area contributed by atoms with Crippen molar-refractivity contribution in [1.29, 1.82) is 0 Å². The summed E-state index contributed by atoms with van der Waals surface area (Å²) in [7, 11) is 3.56. The number of nitrogens with zero attached hydrogens (tertiary/aromatic N) is 6. The van der Waals surface area contributed by atoms with Crippen LogP contribution >= 0.6 is 0 Å². The van der Waals surface area contributed by atoms with Crippen molar-refractivity contribution in [3.63, 3.8) is 0 Å². The first-order valence-electron chi connectivity index (χ1n) is 11.0. The maximum absolute atomic E-state index is 6.20. The van der Waals surface area contributed by atoms with Crippen molar-refractivity contribution in [2.75, 3.05) is 19.0 Å². The van der Waals surface area contributed by atoms with Gasteiger partial charge in [0.2, 0.25) is 5.88 Å². The fourth-order valence-electron chi connectivity index (χ4n) is 4.34. The summed E-state index contributed by atoms with van der Waals surface area (Å²) in [5, 5.41) is 16.5. The molecule has 9 nitrogen and oxygen atoms in total. The second kappa shape index (κ2) is 8.18. The van der Waals surface area contributed by atoms with E-state index in [4.69, 9.17) is 9.47 Å². The van der Waals surface area contributed by atoms with Gasteiger partial charge in [0.25, 0.3) is 0 Å². The molecular formula is C25H23N7O2. The van der Waals surface area contributed by atoms with Crippen molar-refractivity contribution in [1.82, 2.24) is 29.4 Å². The average molecular weight is 454 g/mol. The summed E-state index contributed by atoms with van der Waals surface area (Å²) in [5.74, 6) is 4.21. The van der Waals surface area contributed by atoms with Gasteiger partial charge in [0.05, 0.1) is 19.2 Å². The highest BCUT2D eigenvalue weighted by molar-refractivity contribution is 5.72. The van der Waals surface area contributed by atoms with Crippen LogP contribution in [-0.2, 0) is 13.5 Å². The van der Waals surface area contributed by atoms with Gasteiger partial charge >= 0.3 is 0 Å². The monoisotopic (exact) mass is 453 g/mol. The molecule has 4 aromatic heterocycles. The minimum atomic E-state index is 0.107. The number of anilines is 2. The first-order chi connectivity index (χ1) is 16.7. The van der Waals surface area contributed by atoms with Gasteiger partial charge in [0, 0.05) is 25.4 Å². The third-order valence-electron chi connectivity index (χ3n) is 6.08. The number of rotatable bonds is 6. The number of pyridine rings is 2. The molecule has 1 N–H and O–H groups in total. The van der Waals surface area contributed by atoms with E-state index in [9.17, 15) is 0 Å². The molecule has 6 rings (SSSR count). The predicted molar refractivity (Wildman–Crippen MR) is 128 cm³/mol. The van der Waals surface area contributed by atoms with Crippen LogP contribution in [0.15, 0.2) is 67.0 Å². The lowest BCUT2D eigenvalue weighted by Crippen LogP contribution is -2.22. The Hall–Kier alpha value is -4.40. The van der Waals surface area contributed by atoms with Gasteiger partial charge in [0.1, 0.15) is 29.8 Å². The van der Waals surface area contributed by atoms with Crippen LogP contribution in [0.2, 0.25) is 0 Å². The number of aromatic nitrogens is 6. The Balaban J connectivity index is 1.31. The highest BCUT2D eigenvalue weighted by atomic mass is 16.5. The molecule has 1 aromatic carbocycles. The maximum Gasteiger partial charge on any atom is 0.201 e. The van der Waals surface area contributed by atoms with Crippen molar-refractivity contribution in [3.8, 4) is 22.8 Å². The van der Waals surface area contributed by atoms with Gasteiger partial charge in [-0.25, -0.2) is 9.38 Å². The Morgan fingerprint density at radius 2 is 2.00 bits per heavy atom. The standard InChI is InChI=1S/C25H23N7O2/c1-31-22(7-9-27-31)28-21-12-17(6-8-26-21)18-13-23-29-30-25-19(15-34-24(14-18)32(23)25)10-16-4-3-5-20(11-16)33-2/h3-9,11-14,19H,10,15H2,1-2H3,(H,26,28)/t19-/m0/s1. The molecule has 1 atom stereocenters. The summed E-state index contributed by atoms with van der Waals surface area (Å²) in [6.07, 6.45) is 4.32. The van der Waals surface area contributed by atoms with E-state index in [0.717, 1.165) is 52.3 Å². The van der Waals surface area contributed by atoms with Crippen LogP contribution in [0, 0.1) is 0 Å². The van der Waals surface area contributed by atoms with Gasteiger partial charge in [-0.3, -0.25) is 4.68 Å².